The summed E-state index contributed by atoms with van der Waals surface area (Å²) in [5.41, 5.74) is 6.16. The summed E-state index contributed by atoms with van der Waals surface area (Å²) in [5.74, 6) is 1.06. The van der Waals surface area contributed by atoms with Gasteiger partial charge in [-0.25, -0.2) is 4.79 Å². The van der Waals surface area contributed by atoms with E-state index >= 15 is 0 Å². The fourth-order valence-corrected chi connectivity index (χ4v) is 7.90. The van der Waals surface area contributed by atoms with Crippen molar-refractivity contribution in [3.8, 4) is 0 Å². The molecule has 0 amide bonds. The molecule has 4 aliphatic carbocycles. The first kappa shape index (κ1) is 26.1. The van der Waals surface area contributed by atoms with Crippen LogP contribution in [0.5, 0.6) is 0 Å². The van der Waals surface area contributed by atoms with E-state index < -0.39 is 0 Å². The molecule has 0 unspecified atom stereocenters. The minimum Gasteiger partial charge on any atom is -0.382 e. The van der Waals surface area contributed by atoms with Gasteiger partial charge in [-0.3, -0.25) is 4.79 Å². The van der Waals surface area contributed by atoms with Crippen LogP contribution in [0.2, 0.25) is 0 Å². The van der Waals surface area contributed by atoms with E-state index in [-0.39, 0.29) is 28.7 Å². The zero-order valence-electron chi connectivity index (χ0n) is 22.5. The van der Waals surface area contributed by atoms with Gasteiger partial charge < -0.3 is 14.3 Å². The van der Waals surface area contributed by atoms with Crippen LogP contribution in [0.3, 0.4) is 0 Å². The number of rotatable bonds is 7. The number of oxime groups is 1. The number of nitrogens with zero attached hydrogens (tertiary/aromatic N) is 1. The number of hydrogen-bond acceptors (Lipinski definition) is 6. The number of allylic oxidation sites excluding steroid dienone is 4. The molecule has 4 aliphatic rings. The lowest BCUT2D eigenvalue weighted by molar-refractivity contribution is -0.147. The van der Waals surface area contributed by atoms with E-state index in [9.17, 15) is 9.59 Å². The summed E-state index contributed by atoms with van der Waals surface area (Å²) in [6.45, 7) is 4.81. The van der Waals surface area contributed by atoms with Gasteiger partial charge in [0.15, 0.2) is 5.78 Å². The maximum absolute atomic E-state index is 12.8. The van der Waals surface area contributed by atoms with Gasteiger partial charge in [-0.15, -0.1) is 0 Å². The first-order valence-corrected chi connectivity index (χ1v) is 13.7. The Kier molecular flexibility index (Phi) is 7.25. The lowest BCUT2D eigenvalue weighted by Gasteiger charge is -2.53. The van der Waals surface area contributed by atoms with Gasteiger partial charge in [0, 0.05) is 38.4 Å². The number of ketones is 1. The van der Waals surface area contributed by atoms with Crippen molar-refractivity contribution in [2.24, 2.45) is 22.4 Å². The molecule has 0 N–H and O–H groups in total. The Bertz CT molecular complexity index is 1150. The third kappa shape index (κ3) is 4.42. The van der Waals surface area contributed by atoms with Crippen molar-refractivity contribution in [2.75, 3.05) is 20.8 Å². The molecule has 2 saturated carbocycles. The summed E-state index contributed by atoms with van der Waals surface area (Å²) in [7, 11) is 3.64. The molecular formula is C31H39NO5. The summed E-state index contributed by atoms with van der Waals surface area (Å²) in [6, 6.07) is 8.16. The summed E-state index contributed by atoms with van der Waals surface area (Å²) in [5, 5.41) is 3.79. The van der Waals surface area contributed by atoms with E-state index in [1.165, 1.54) is 11.1 Å². The van der Waals surface area contributed by atoms with Gasteiger partial charge in [-0.2, -0.15) is 0 Å². The highest BCUT2D eigenvalue weighted by atomic mass is 16.7. The molecule has 0 spiro atoms. The Hall–Kier alpha value is -2.57. The van der Waals surface area contributed by atoms with E-state index in [2.05, 4.69) is 24.2 Å². The number of hydrogen-bond donors (Lipinski definition) is 0. The Morgan fingerprint density at radius 3 is 2.62 bits per heavy atom. The van der Waals surface area contributed by atoms with Crippen molar-refractivity contribution in [2.45, 2.75) is 76.7 Å². The Morgan fingerprint density at radius 1 is 1.14 bits per heavy atom. The van der Waals surface area contributed by atoms with Gasteiger partial charge in [-0.1, -0.05) is 48.8 Å². The summed E-state index contributed by atoms with van der Waals surface area (Å²) >= 11 is 0. The lowest BCUT2D eigenvalue weighted by Crippen LogP contribution is -2.53. The molecule has 5 atom stereocenters. The number of carbonyl (C=O) groups is 2. The third-order valence-corrected chi connectivity index (χ3v) is 9.82. The molecule has 1 aromatic rings. The molecule has 2 fully saturated rings. The maximum Gasteiger partial charge on any atom is 0.334 e. The molecule has 0 heterocycles. The van der Waals surface area contributed by atoms with Crippen molar-refractivity contribution in [3.63, 3.8) is 0 Å². The topological polar surface area (TPSA) is 74.2 Å². The second-order valence-electron chi connectivity index (χ2n) is 11.4. The van der Waals surface area contributed by atoms with Crippen LogP contribution >= 0.6 is 0 Å². The van der Waals surface area contributed by atoms with E-state index in [1.54, 1.807) is 25.8 Å². The van der Waals surface area contributed by atoms with Gasteiger partial charge in [0.1, 0.15) is 0 Å². The van der Waals surface area contributed by atoms with Gasteiger partial charge in [0.25, 0.3) is 0 Å². The molecular weight excluding hydrogens is 466 g/mol. The molecule has 0 radical (unpaired) electrons. The van der Waals surface area contributed by atoms with Crippen LogP contribution in [0.4, 0.5) is 0 Å². The molecule has 5 rings (SSSR count). The SMILES string of the molecule is CCC(=O)ON=Cc1ccc([C@@H]2CC(=O)C=C3CC[C@@H]4C(=C32)CC[C@@]2(C)[C@H]4CC[C@]2(COC)OC)cc1. The van der Waals surface area contributed by atoms with Crippen molar-refractivity contribution in [1.82, 2.24) is 0 Å². The second-order valence-corrected chi connectivity index (χ2v) is 11.4. The van der Waals surface area contributed by atoms with Crippen LogP contribution in [0.15, 0.2) is 52.2 Å². The minimum atomic E-state index is -0.357. The largest absolute Gasteiger partial charge is 0.382 e. The molecule has 0 aliphatic heterocycles. The molecule has 6 heteroatoms. The first-order valence-electron chi connectivity index (χ1n) is 13.7. The van der Waals surface area contributed by atoms with Gasteiger partial charge in [-0.05, 0) is 78.7 Å². The average molecular weight is 506 g/mol. The molecule has 1 aromatic carbocycles. The van der Waals surface area contributed by atoms with Crippen LogP contribution in [0, 0.1) is 17.3 Å². The van der Waals surface area contributed by atoms with Gasteiger partial charge in [0.2, 0.25) is 0 Å². The van der Waals surface area contributed by atoms with Gasteiger partial charge >= 0.3 is 5.97 Å². The van der Waals surface area contributed by atoms with E-state index in [1.807, 2.05) is 25.3 Å². The van der Waals surface area contributed by atoms with Crippen LogP contribution in [0.25, 0.3) is 0 Å². The maximum atomic E-state index is 12.8. The second kappa shape index (κ2) is 10.3. The fraction of sp³-hybridized carbons (Fsp3) is 0.581. The highest BCUT2D eigenvalue weighted by molar-refractivity contribution is 5.94. The Labute approximate surface area is 220 Å². The molecule has 0 aromatic heterocycles. The van der Waals surface area contributed by atoms with Crippen LogP contribution in [-0.2, 0) is 23.9 Å². The zero-order valence-corrected chi connectivity index (χ0v) is 22.5. The summed E-state index contributed by atoms with van der Waals surface area (Å²) in [6.07, 6.45) is 10.7. The van der Waals surface area contributed by atoms with E-state index in [0.29, 0.717) is 31.3 Å². The third-order valence-electron chi connectivity index (χ3n) is 9.82. The first-order chi connectivity index (χ1) is 17.9. The highest BCUT2D eigenvalue weighted by Gasteiger charge is 2.62. The van der Waals surface area contributed by atoms with Crippen molar-refractivity contribution in [1.29, 1.82) is 0 Å². The normalized spacial score (nSPS) is 33.1. The highest BCUT2D eigenvalue weighted by Crippen LogP contribution is 2.65. The zero-order chi connectivity index (χ0) is 26.2. The van der Waals surface area contributed by atoms with Crippen LogP contribution in [-0.4, -0.2) is 44.4 Å². The molecule has 0 bridgehead atoms. The molecule has 37 heavy (non-hydrogen) atoms. The minimum absolute atomic E-state index is 0.0890. The predicted octanol–water partition coefficient (Wildman–Crippen LogP) is 5.90. The Balaban J connectivity index is 1.46. The van der Waals surface area contributed by atoms with E-state index in [0.717, 1.165) is 49.7 Å². The van der Waals surface area contributed by atoms with Crippen molar-refractivity contribution < 1.29 is 23.9 Å². The van der Waals surface area contributed by atoms with Gasteiger partial charge in [0.05, 0.1) is 18.4 Å². The predicted molar refractivity (Wildman–Crippen MR) is 142 cm³/mol. The molecule has 6 nitrogen and oxygen atoms in total. The summed E-state index contributed by atoms with van der Waals surface area (Å²) < 4.78 is 11.9. The standard InChI is InChI=1S/C31H39NO5/c1-5-28(34)37-32-18-20-6-8-21(9-7-20)26-17-23(33)16-22-10-11-24-25(29(22)26)12-14-30(2)27(24)13-15-31(30,36-4)19-35-3/h6-9,16,18,24,26-27H,5,10-15,17,19H2,1-4H3/t24-,26+,27+,30+,31-/m1/s1. The number of ether oxygens (including phenoxy) is 2. The number of methoxy groups -OCH3 is 2. The average Bonchev–Trinajstić information content (AvgIpc) is 3.20. The quantitative estimate of drug-likeness (QED) is 0.262. The van der Waals surface area contributed by atoms with Crippen molar-refractivity contribution in [3.05, 3.63) is 58.2 Å². The number of fused-ring (bicyclic) bond motifs is 4. The van der Waals surface area contributed by atoms with E-state index in [4.69, 9.17) is 14.3 Å². The fourth-order valence-electron chi connectivity index (χ4n) is 7.90. The smallest absolute Gasteiger partial charge is 0.334 e. The van der Waals surface area contributed by atoms with Crippen molar-refractivity contribution >= 4 is 18.0 Å². The lowest BCUT2D eigenvalue weighted by atomic mass is 9.54. The number of carbonyl (C=O) groups excluding carboxylic acids is 2. The molecule has 0 saturated heterocycles. The van der Waals surface area contributed by atoms with Crippen LogP contribution < -0.4 is 0 Å². The number of benzene rings is 1. The molecule has 198 valence electrons. The summed E-state index contributed by atoms with van der Waals surface area (Å²) in [4.78, 5) is 28.9. The van der Waals surface area contributed by atoms with Crippen LogP contribution in [0.1, 0.15) is 82.3 Å². The Morgan fingerprint density at radius 2 is 1.92 bits per heavy atom. The monoisotopic (exact) mass is 505 g/mol.